The van der Waals surface area contributed by atoms with Gasteiger partial charge in [0.05, 0.1) is 5.56 Å². The van der Waals surface area contributed by atoms with Crippen molar-refractivity contribution in [3.8, 4) is 0 Å². The van der Waals surface area contributed by atoms with Crippen molar-refractivity contribution in [2.75, 3.05) is 6.54 Å². The molecule has 0 aromatic heterocycles. The Hall–Kier alpha value is -1.89. The molecule has 1 aromatic carbocycles. The van der Waals surface area contributed by atoms with Crippen LogP contribution >= 0.6 is 0 Å². The van der Waals surface area contributed by atoms with Gasteiger partial charge in [0.15, 0.2) is 4.75 Å². The van der Waals surface area contributed by atoms with Crippen LogP contribution in [0.3, 0.4) is 0 Å². The molecular formula is C13H15NO5S. The molecule has 2 rings (SSSR count). The fraction of sp³-hybridized carbons (Fsp3) is 0.385. The predicted octanol–water partition coefficient (Wildman–Crippen LogP) is 0.878. The molecule has 1 aromatic rings. The predicted molar refractivity (Wildman–Crippen MR) is 71.8 cm³/mol. The Morgan fingerprint density at radius 2 is 2.00 bits per heavy atom. The number of benzene rings is 1. The van der Waals surface area contributed by atoms with Gasteiger partial charge >= 0.3 is 5.97 Å². The highest BCUT2D eigenvalue weighted by Gasteiger charge is 2.59. The quantitative estimate of drug-likeness (QED) is 0.890. The molecule has 1 aliphatic rings. The van der Waals surface area contributed by atoms with Crippen molar-refractivity contribution < 1.29 is 23.1 Å². The van der Waals surface area contributed by atoms with Crippen molar-refractivity contribution in [2.24, 2.45) is 0 Å². The lowest BCUT2D eigenvalue weighted by Gasteiger charge is -2.43. The maximum Gasteiger partial charge on any atom is 0.335 e. The zero-order valence-electron chi connectivity index (χ0n) is 11.2. The average Bonchev–Trinajstić information content (AvgIpc) is 2.38. The van der Waals surface area contributed by atoms with Gasteiger partial charge in [-0.2, -0.15) is 0 Å². The number of hydrogen-bond acceptors (Lipinski definition) is 4. The number of nitrogens with zero attached hydrogens (tertiary/aromatic N) is 1. The molecule has 1 heterocycles. The summed E-state index contributed by atoms with van der Waals surface area (Å²) in [7, 11) is -3.58. The molecule has 1 fully saturated rings. The molecule has 0 bridgehead atoms. The second kappa shape index (κ2) is 4.59. The molecular weight excluding hydrogens is 282 g/mol. The normalized spacial score (nSPS) is 19.5. The number of carbonyl (C=O) groups is 2. The summed E-state index contributed by atoms with van der Waals surface area (Å²) in [4.78, 5) is 22.6. The van der Waals surface area contributed by atoms with Crippen molar-refractivity contribution in [3.05, 3.63) is 35.4 Å². The second-order valence-electron chi connectivity index (χ2n) is 5.15. The first-order valence-corrected chi connectivity index (χ1v) is 7.51. The maximum absolute atomic E-state index is 11.9. The summed E-state index contributed by atoms with van der Waals surface area (Å²) in [6.07, 6.45) is 0.294. The minimum Gasteiger partial charge on any atom is -0.478 e. The van der Waals surface area contributed by atoms with Crippen LogP contribution in [0.25, 0.3) is 0 Å². The highest BCUT2D eigenvalue weighted by Crippen LogP contribution is 2.34. The van der Waals surface area contributed by atoms with Gasteiger partial charge in [-0.15, -0.1) is 0 Å². The third kappa shape index (κ3) is 2.07. The smallest absolute Gasteiger partial charge is 0.335 e. The third-order valence-corrected chi connectivity index (χ3v) is 5.85. The number of carbonyl (C=O) groups excluding carboxylic acids is 1. The number of rotatable bonds is 4. The van der Waals surface area contributed by atoms with E-state index in [1.165, 1.54) is 26.0 Å². The number of hydrogen-bond donors (Lipinski definition) is 1. The Kier molecular flexibility index (Phi) is 3.33. The van der Waals surface area contributed by atoms with Crippen molar-refractivity contribution in [1.29, 1.82) is 0 Å². The molecule has 6 nitrogen and oxygen atoms in total. The van der Waals surface area contributed by atoms with E-state index in [1.54, 1.807) is 12.1 Å². The van der Waals surface area contributed by atoms with E-state index >= 15 is 0 Å². The Bertz CT molecular complexity index is 678. The van der Waals surface area contributed by atoms with Gasteiger partial charge in [0.25, 0.3) is 15.9 Å². The van der Waals surface area contributed by atoms with E-state index in [0.29, 0.717) is 12.0 Å². The molecule has 1 N–H and O–H groups in total. The molecule has 20 heavy (non-hydrogen) atoms. The number of sulfonamides is 1. The molecule has 108 valence electrons. The monoisotopic (exact) mass is 297 g/mol. The minimum absolute atomic E-state index is 0.0354. The van der Waals surface area contributed by atoms with Crippen LogP contribution < -0.4 is 0 Å². The van der Waals surface area contributed by atoms with Crippen LogP contribution in [0, 0.1) is 0 Å². The van der Waals surface area contributed by atoms with E-state index < -0.39 is 26.6 Å². The molecule has 1 aliphatic heterocycles. The zero-order valence-corrected chi connectivity index (χ0v) is 12.0. The van der Waals surface area contributed by atoms with Crippen LogP contribution in [0.2, 0.25) is 0 Å². The number of carboxylic acids is 1. The number of carboxylic acid groups (broad SMARTS) is 1. The van der Waals surface area contributed by atoms with Crippen molar-refractivity contribution in [2.45, 2.75) is 25.0 Å². The summed E-state index contributed by atoms with van der Waals surface area (Å²) in [5.41, 5.74) is 0.818. The van der Waals surface area contributed by atoms with Gasteiger partial charge in [-0.3, -0.25) is 4.79 Å². The Labute approximate surface area is 117 Å². The molecule has 0 atom stereocenters. The fourth-order valence-electron chi connectivity index (χ4n) is 2.07. The summed E-state index contributed by atoms with van der Waals surface area (Å²) >= 11 is 0. The van der Waals surface area contributed by atoms with Crippen molar-refractivity contribution in [3.63, 3.8) is 0 Å². The summed E-state index contributed by atoms with van der Waals surface area (Å²) in [5, 5.41) is 8.88. The van der Waals surface area contributed by atoms with Gasteiger partial charge in [0, 0.05) is 6.54 Å². The molecule has 0 radical (unpaired) electrons. The first kappa shape index (κ1) is 14.5. The lowest BCUT2D eigenvalue weighted by Crippen LogP contribution is -2.67. The van der Waals surface area contributed by atoms with E-state index in [1.807, 2.05) is 0 Å². The van der Waals surface area contributed by atoms with Crippen LogP contribution in [0.5, 0.6) is 0 Å². The largest absolute Gasteiger partial charge is 0.478 e. The first-order valence-electron chi connectivity index (χ1n) is 6.07. The lowest BCUT2D eigenvalue weighted by atomic mass is 10.1. The molecule has 7 heteroatoms. The van der Waals surface area contributed by atoms with Gasteiger partial charge in [-0.1, -0.05) is 12.1 Å². The van der Waals surface area contributed by atoms with E-state index in [0.717, 1.165) is 4.31 Å². The molecule has 1 saturated heterocycles. The topological polar surface area (TPSA) is 91.8 Å². The SMILES string of the molecule is CC1(C)C(=O)N(CCc2cccc(C(=O)O)c2)S1(=O)=O. The van der Waals surface area contributed by atoms with Crippen LogP contribution in [0.15, 0.2) is 24.3 Å². The van der Waals surface area contributed by atoms with Gasteiger partial charge in [-0.05, 0) is 38.0 Å². The van der Waals surface area contributed by atoms with Crippen LogP contribution in [-0.4, -0.2) is 41.0 Å². The van der Waals surface area contributed by atoms with Crippen molar-refractivity contribution >= 4 is 21.9 Å². The van der Waals surface area contributed by atoms with E-state index in [2.05, 4.69) is 0 Å². The van der Waals surface area contributed by atoms with Gasteiger partial charge in [-0.25, -0.2) is 17.5 Å². The molecule has 1 amide bonds. The van der Waals surface area contributed by atoms with Gasteiger partial charge < -0.3 is 5.11 Å². The number of amides is 1. The highest BCUT2D eigenvalue weighted by atomic mass is 32.2. The van der Waals surface area contributed by atoms with E-state index in [-0.39, 0.29) is 12.1 Å². The van der Waals surface area contributed by atoms with Gasteiger partial charge in [0.1, 0.15) is 0 Å². The van der Waals surface area contributed by atoms with Gasteiger partial charge in [0.2, 0.25) is 0 Å². The summed E-state index contributed by atoms with van der Waals surface area (Å²) in [6.45, 7) is 2.80. The molecule has 0 spiro atoms. The summed E-state index contributed by atoms with van der Waals surface area (Å²) in [5.74, 6) is -1.47. The minimum atomic E-state index is -3.58. The summed E-state index contributed by atoms with van der Waals surface area (Å²) < 4.78 is 23.3. The van der Waals surface area contributed by atoms with Crippen LogP contribution in [0.4, 0.5) is 0 Å². The molecule has 0 unspecified atom stereocenters. The van der Waals surface area contributed by atoms with E-state index in [4.69, 9.17) is 5.11 Å². The fourth-order valence-corrected chi connectivity index (χ4v) is 3.60. The Morgan fingerprint density at radius 1 is 1.35 bits per heavy atom. The zero-order chi connectivity index (χ0) is 15.1. The van der Waals surface area contributed by atoms with Crippen molar-refractivity contribution in [1.82, 2.24) is 4.31 Å². The number of aromatic carboxylic acids is 1. The second-order valence-corrected chi connectivity index (χ2v) is 7.56. The maximum atomic E-state index is 11.9. The van der Waals surface area contributed by atoms with Crippen LogP contribution in [-0.2, 0) is 21.2 Å². The first-order chi connectivity index (χ1) is 9.18. The van der Waals surface area contributed by atoms with E-state index in [9.17, 15) is 18.0 Å². The standard InChI is InChI=1S/C13H15NO5S/c1-13(2)12(17)14(20(13,18)19)7-6-9-4-3-5-10(8-9)11(15)16/h3-5,8H,6-7H2,1-2H3,(H,15,16). The third-order valence-electron chi connectivity index (χ3n) is 3.45. The van der Waals surface area contributed by atoms with Crippen LogP contribution in [0.1, 0.15) is 29.8 Å². The lowest BCUT2D eigenvalue weighted by molar-refractivity contribution is -0.132. The average molecular weight is 297 g/mol. The Morgan fingerprint density at radius 3 is 2.55 bits per heavy atom. The summed E-state index contributed by atoms with van der Waals surface area (Å²) in [6, 6.07) is 6.23. The Balaban J connectivity index is 2.09. The molecule has 0 aliphatic carbocycles. The molecule has 0 saturated carbocycles. The highest BCUT2D eigenvalue weighted by molar-refractivity contribution is 7.94.